The number of benzene rings is 1. The predicted octanol–water partition coefficient (Wildman–Crippen LogP) is 0.944. The summed E-state index contributed by atoms with van der Waals surface area (Å²) in [7, 11) is -4.49. The van der Waals surface area contributed by atoms with E-state index in [2.05, 4.69) is 0 Å². The number of rotatable bonds is 4. The smallest absolute Gasteiger partial charge is 0.744 e. The third kappa shape index (κ3) is 3.20. The van der Waals surface area contributed by atoms with Crippen molar-refractivity contribution in [2.75, 3.05) is 0 Å². The average Bonchev–Trinajstić information content (AvgIpc) is 3.08. The Morgan fingerprint density at radius 3 is 2.33 bits per heavy atom. The second kappa shape index (κ2) is 6.62. The Hall–Kier alpha value is -0.0100. The summed E-state index contributed by atoms with van der Waals surface area (Å²) in [6.07, 6.45) is 2.87. The minimum absolute atomic E-state index is 0. The standard InChI is InChI=1S/C17H22F2O3S.Na/c1-3-16(2,11-7-9-12(10-8-11)23(20,21)22)13-5-4-6-14-15(13)17(14,18)19;/h7-10,13-15H,3-6H2,1-2H3,(H,20,21,22);/q;+1/p-1. The van der Waals surface area contributed by atoms with Crippen molar-refractivity contribution in [3.8, 4) is 0 Å². The summed E-state index contributed by atoms with van der Waals surface area (Å²) in [6, 6.07) is 5.80. The van der Waals surface area contributed by atoms with Gasteiger partial charge in [-0.2, -0.15) is 0 Å². The van der Waals surface area contributed by atoms with Crippen LogP contribution in [0.5, 0.6) is 0 Å². The zero-order valence-corrected chi connectivity index (χ0v) is 17.1. The van der Waals surface area contributed by atoms with E-state index in [0.29, 0.717) is 12.8 Å². The van der Waals surface area contributed by atoms with Crippen LogP contribution in [0.15, 0.2) is 29.2 Å². The first-order valence-electron chi connectivity index (χ1n) is 8.06. The molecule has 3 rings (SSSR count). The van der Waals surface area contributed by atoms with Gasteiger partial charge < -0.3 is 4.55 Å². The Labute approximate surface area is 164 Å². The SMILES string of the molecule is CCC(C)(c1ccc(S(=O)(=O)[O-])cc1)C1CCCC2C1C2(F)F.[Na+]. The third-order valence-corrected chi connectivity index (χ3v) is 6.93. The van der Waals surface area contributed by atoms with Crippen LogP contribution in [0, 0.1) is 17.8 Å². The Morgan fingerprint density at radius 2 is 1.83 bits per heavy atom. The molecule has 0 amide bonds. The van der Waals surface area contributed by atoms with E-state index in [9.17, 15) is 21.8 Å². The van der Waals surface area contributed by atoms with Gasteiger partial charge in [-0.25, -0.2) is 17.2 Å². The van der Waals surface area contributed by atoms with Crippen LogP contribution in [0.1, 0.15) is 45.1 Å². The van der Waals surface area contributed by atoms with Gasteiger partial charge in [-0.3, -0.25) is 0 Å². The summed E-state index contributed by atoms with van der Waals surface area (Å²) in [5.41, 5.74) is 0.398. The summed E-state index contributed by atoms with van der Waals surface area (Å²) in [4.78, 5) is -0.280. The second-order valence-electron chi connectivity index (χ2n) is 7.09. The van der Waals surface area contributed by atoms with Gasteiger partial charge in [0.15, 0.2) is 0 Å². The maximum absolute atomic E-state index is 14.0. The maximum Gasteiger partial charge on any atom is 1.00 e. The minimum atomic E-state index is -4.49. The first-order valence-corrected chi connectivity index (χ1v) is 9.47. The fraction of sp³-hybridized carbons (Fsp3) is 0.647. The van der Waals surface area contributed by atoms with E-state index in [0.717, 1.165) is 18.4 Å². The Balaban J connectivity index is 0.00000208. The van der Waals surface area contributed by atoms with Crippen molar-refractivity contribution in [3.63, 3.8) is 0 Å². The van der Waals surface area contributed by atoms with Crippen molar-refractivity contribution in [1.82, 2.24) is 0 Å². The average molecular weight is 366 g/mol. The molecule has 128 valence electrons. The van der Waals surface area contributed by atoms with Gasteiger partial charge in [0.2, 0.25) is 0 Å². The fourth-order valence-corrected chi connectivity index (χ4v) is 4.94. The predicted molar refractivity (Wildman–Crippen MR) is 81.3 cm³/mol. The molecule has 0 spiro atoms. The van der Waals surface area contributed by atoms with Crippen LogP contribution >= 0.6 is 0 Å². The zero-order valence-electron chi connectivity index (χ0n) is 14.3. The number of alkyl halides is 2. The Morgan fingerprint density at radius 1 is 1.25 bits per heavy atom. The first-order chi connectivity index (χ1) is 10.6. The quantitative estimate of drug-likeness (QED) is 0.589. The van der Waals surface area contributed by atoms with Crippen LogP contribution in [0.2, 0.25) is 0 Å². The Kier molecular flexibility index (Phi) is 5.60. The molecule has 24 heavy (non-hydrogen) atoms. The third-order valence-electron chi connectivity index (χ3n) is 6.08. The molecular formula is C17H21F2NaO3S. The minimum Gasteiger partial charge on any atom is -0.744 e. The van der Waals surface area contributed by atoms with Crippen molar-refractivity contribution in [1.29, 1.82) is 0 Å². The van der Waals surface area contributed by atoms with Crippen molar-refractivity contribution < 1.29 is 51.3 Å². The summed E-state index contributed by atoms with van der Waals surface area (Å²) in [6.45, 7) is 3.96. The van der Waals surface area contributed by atoms with Crippen LogP contribution in [0.4, 0.5) is 8.78 Å². The fourth-order valence-electron chi connectivity index (χ4n) is 4.47. The van der Waals surface area contributed by atoms with E-state index >= 15 is 0 Å². The van der Waals surface area contributed by atoms with Gasteiger partial charge in [-0.05, 0) is 48.3 Å². The van der Waals surface area contributed by atoms with E-state index < -0.39 is 33.3 Å². The largest absolute Gasteiger partial charge is 1.00 e. The molecule has 0 saturated heterocycles. The van der Waals surface area contributed by atoms with Gasteiger partial charge in [0.25, 0.3) is 5.92 Å². The molecule has 3 nitrogen and oxygen atoms in total. The van der Waals surface area contributed by atoms with Gasteiger partial charge in [-0.15, -0.1) is 0 Å². The van der Waals surface area contributed by atoms with Crippen molar-refractivity contribution >= 4 is 10.1 Å². The van der Waals surface area contributed by atoms with Gasteiger partial charge in [-0.1, -0.05) is 32.4 Å². The van der Waals surface area contributed by atoms with E-state index in [4.69, 9.17) is 0 Å². The molecule has 0 radical (unpaired) electrons. The molecular weight excluding hydrogens is 345 g/mol. The maximum atomic E-state index is 14.0. The van der Waals surface area contributed by atoms with E-state index in [1.807, 2.05) is 13.8 Å². The summed E-state index contributed by atoms with van der Waals surface area (Å²) in [5, 5.41) is 0. The first kappa shape index (κ1) is 20.3. The summed E-state index contributed by atoms with van der Waals surface area (Å²) < 4.78 is 61.2. The molecule has 7 heteroatoms. The van der Waals surface area contributed by atoms with Gasteiger partial charge in [0.05, 0.1) is 4.90 Å². The number of halogens is 2. The molecule has 1 aromatic rings. The molecule has 2 aliphatic carbocycles. The molecule has 4 unspecified atom stereocenters. The van der Waals surface area contributed by atoms with E-state index in [1.165, 1.54) is 12.1 Å². The molecule has 2 aliphatic rings. The molecule has 1 aromatic carbocycles. The van der Waals surface area contributed by atoms with Crippen LogP contribution in [-0.4, -0.2) is 18.9 Å². The van der Waals surface area contributed by atoms with Gasteiger partial charge >= 0.3 is 29.6 Å². The molecule has 2 saturated carbocycles. The normalized spacial score (nSPS) is 30.6. The summed E-state index contributed by atoms with van der Waals surface area (Å²) >= 11 is 0. The van der Waals surface area contributed by atoms with Crippen LogP contribution in [0.25, 0.3) is 0 Å². The van der Waals surface area contributed by atoms with Crippen molar-refractivity contribution in [3.05, 3.63) is 29.8 Å². The molecule has 2 fully saturated rings. The van der Waals surface area contributed by atoms with E-state index in [1.54, 1.807) is 12.1 Å². The molecule has 0 bridgehead atoms. The molecule has 0 heterocycles. The number of hydrogen-bond donors (Lipinski definition) is 0. The van der Waals surface area contributed by atoms with Crippen LogP contribution in [-0.2, 0) is 15.5 Å². The van der Waals surface area contributed by atoms with Crippen LogP contribution < -0.4 is 29.6 Å². The topological polar surface area (TPSA) is 57.2 Å². The molecule has 0 N–H and O–H groups in total. The second-order valence-corrected chi connectivity index (χ2v) is 8.47. The zero-order chi connectivity index (χ0) is 17.0. The van der Waals surface area contributed by atoms with Crippen LogP contribution in [0.3, 0.4) is 0 Å². The van der Waals surface area contributed by atoms with Gasteiger partial charge in [0.1, 0.15) is 10.1 Å². The molecule has 0 aliphatic heterocycles. The Bertz CT molecular complexity index is 705. The summed E-state index contributed by atoms with van der Waals surface area (Å²) in [5.74, 6) is -3.73. The van der Waals surface area contributed by atoms with Crippen molar-refractivity contribution in [2.45, 2.75) is 55.8 Å². The van der Waals surface area contributed by atoms with Crippen molar-refractivity contribution in [2.24, 2.45) is 17.8 Å². The molecule has 4 atom stereocenters. The van der Waals surface area contributed by atoms with Gasteiger partial charge in [0, 0.05) is 11.8 Å². The number of fused-ring (bicyclic) bond motifs is 1. The van der Waals surface area contributed by atoms with E-state index in [-0.39, 0.29) is 40.4 Å². The number of hydrogen-bond acceptors (Lipinski definition) is 3. The molecule has 0 aromatic heterocycles. The monoisotopic (exact) mass is 366 g/mol.